The minimum Gasteiger partial charge on any atom is -0.475 e. The van der Waals surface area contributed by atoms with Gasteiger partial charge in [0.15, 0.2) is 0 Å². The van der Waals surface area contributed by atoms with Crippen molar-refractivity contribution in [1.82, 2.24) is 9.80 Å². The van der Waals surface area contributed by atoms with Crippen LogP contribution in [0, 0.1) is 18.3 Å². The van der Waals surface area contributed by atoms with E-state index in [0.717, 1.165) is 56.9 Å². The van der Waals surface area contributed by atoms with Gasteiger partial charge in [0.25, 0.3) is 5.91 Å². The predicted octanol–water partition coefficient (Wildman–Crippen LogP) is 3.06. The number of halogens is 3. The van der Waals surface area contributed by atoms with E-state index >= 15 is 0 Å². The lowest BCUT2D eigenvalue weighted by Crippen LogP contribution is -2.38. The number of amides is 1. The fraction of sp³-hybridized carbons (Fsp3) is 0.619. The van der Waals surface area contributed by atoms with Gasteiger partial charge in [0.05, 0.1) is 6.61 Å². The summed E-state index contributed by atoms with van der Waals surface area (Å²) in [6.45, 7) is 10.0. The van der Waals surface area contributed by atoms with E-state index in [4.69, 9.17) is 14.6 Å². The normalized spacial score (nSPS) is 24.1. The van der Waals surface area contributed by atoms with Crippen molar-refractivity contribution >= 4 is 11.9 Å². The van der Waals surface area contributed by atoms with Gasteiger partial charge in [-0.15, -0.1) is 0 Å². The first-order valence-corrected chi connectivity index (χ1v) is 9.90. The third-order valence-corrected chi connectivity index (χ3v) is 5.99. The van der Waals surface area contributed by atoms with Gasteiger partial charge >= 0.3 is 12.1 Å². The molecule has 0 unspecified atom stereocenters. The number of carboxylic acids is 1. The van der Waals surface area contributed by atoms with Gasteiger partial charge in [0.1, 0.15) is 0 Å². The molecule has 2 saturated heterocycles. The van der Waals surface area contributed by atoms with Crippen LogP contribution in [0.4, 0.5) is 13.2 Å². The Morgan fingerprint density at radius 1 is 1.27 bits per heavy atom. The summed E-state index contributed by atoms with van der Waals surface area (Å²) in [4.78, 5) is 26.4. The molecule has 30 heavy (non-hydrogen) atoms. The number of hydrogen-bond donors (Lipinski definition) is 1. The number of aliphatic carboxylic acids is 1. The maximum Gasteiger partial charge on any atom is 0.490 e. The van der Waals surface area contributed by atoms with Crippen molar-refractivity contribution in [2.75, 3.05) is 46.4 Å². The molecular weight excluding hydrogens is 401 g/mol. The maximum absolute atomic E-state index is 12.9. The van der Waals surface area contributed by atoms with Crippen LogP contribution in [0.5, 0.6) is 0 Å². The number of carbonyl (C=O) groups is 2. The van der Waals surface area contributed by atoms with Crippen molar-refractivity contribution in [2.24, 2.45) is 11.3 Å². The molecule has 2 aliphatic heterocycles. The molecule has 2 fully saturated rings. The molecular formula is C21H29F3N2O4. The van der Waals surface area contributed by atoms with Crippen LogP contribution in [0.1, 0.15) is 29.3 Å². The van der Waals surface area contributed by atoms with Crippen molar-refractivity contribution in [3.63, 3.8) is 0 Å². The fourth-order valence-electron chi connectivity index (χ4n) is 4.33. The van der Waals surface area contributed by atoms with Gasteiger partial charge in [0.2, 0.25) is 0 Å². The van der Waals surface area contributed by atoms with Gasteiger partial charge < -0.3 is 19.6 Å². The molecule has 2 heterocycles. The zero-order chi connectivity index (χ0) is 22.5. The van der Waals surface area contributed by atoms with Gasteiger partial charge in [-0.1, -0.05) is 25.1 Å². The number of alkyl halides is 3. The lowest BCUT2D eigenvalue weighted by Gasteiger charge is -2.30. The molecule has 3 rings (SSSR count). The highest BCUT2D eigenvalue weighted by Gasteiger charge is 2.50. The number of nitrogens with zero attached hydrogens (tertiary/aromatic N) is 2. The maximum atomic E-state index is 12.9. The van der Waals surface area contributed by atoms with Crippen LogP contribution in [-0.4, -0.2) is 79.4 Å². The Hall–Kier alpha value is -2.13. The topological polar surface area (TPSA) is 70.1 Å². The average Bonchev–Trinajstić information content (AvgIpc) is 3.26. The predicted molar refractivity (Wildman–Crippen MR) is 105 cm³/mol. The number of rotatable bonds is 4. The van der Waals surface area contributed by atoms with E-state index in [1.807, 2.05) is 31.2 Å². The number of benzene rings is 1. The smallest absolute Gasteiger partial charge is 0.475 e. The van der Waals surface area contributed by atoms with Crippen molar-refractivity contribution < 1.29 is 32.6 Å². The molecule has 9 heteroatoms. The van der Waals surface area contributed by atoms with E-state index in [-0.39, 0.29) is 11.3 Å². The summed E-state index contributed by atoms with van der Waals surface area (Å²) < 4.78 is 37.2. The highest BCUT2D eigenvalue weighted by Crippen LogP contribution is 2.44. The molecule has 1 spiro atoms. The SMILES string of the molecule is CCN1C[C@H](COC)[C@]2(CCN(C(=O)c3ccccc3C)C2)C1.O=C(O)C(F)(F)F. The standard InChI is InChI=1S/C19H28N2O2.C2HF3O2/c1-4-20-11-16(12-23-3)19(13-20)9-10-21(14-19)18(22)17-8-6-5-7-15(17)2;3-2(4,5)1(6)7/h5-8,16H,4,9-14H2,1-3H3;(H,6,7)/t16-,19-;/m1./s1. The molecule has 1 N–H and O–H groups in total. The molecule has 0 bridgehead atoms. The van der Waals surface area contributed by atoms with Gasteiger partial charge in [-0.2, -0.15) is 13.2 Å². The largest absolute Gasteiger partial charge is 0.490 e. The van der Waals surface area contributed by atoms with Crippen LogP contribution in [-0.2, 0) is 9.53 Å². The zero-order valence-corrected chi connectivity index (χ0v) is 17.5. The summed E-state index contributed by atoms with van der Waals surface area (Å²) in [5.41, 5.74) is 2.12. The van der Waals surface area contributed by atoms with Gasteiger partial charge in [-0.3, -0.25) is 4.79 Å². The molecule has 1 amide bonds. The number of likely N-dealkylation sites (tertiary alicyclic amines) is 2. The average molecular weight is 430 g/mol. The molecule has 2 atom stereocenters. The fourth-order valence-corrected chi connectivity index (χ4v) is 4.33. The second-order valence-electron chi connectivity index (χ2n) is 7.94. The molecule has 0 radical (unpaired) electrons. The van der Waals surface area contributed by atoms with Crippen LogP contribution in [0.15, 0.2) is 24.3 Å². The zero-order valence-electron chi connectivity index (χ0n) is 17.5. The lowest BCUT2D eigenvalue weighted by molar-refractivity contribution is -0.192. The molecule has 1 aromatic carbocycles. The number of hydrogen-bond acceptors (Lipinski definition) is 4. The summed E-state index contributed by atoms with van der Waals surface area (Å²) in [6, 6.07) is 7.90. The van der Waals surface area contributed by atoms with E-state index in [1.54, 1.807) is 7.11 Å². The second-order valence-corrected chi connectivity index (χ2v) is 7.94. The van der Waals surface area contributed by atoms with Crippen molar-refractivity contribution in [1.29, 1.82) is 0 Å². The van der Waals surface area contributed by atoms with Crippen LogP contribution >= 0.6 is 0 Å². The molecule has 0 aromatic heterocycles. The Kier molecular flexibility index (Phi) is 7.87. The summed E-state index contributed by atoms with van der Waals surface area (Å²) in [7, 11) is 1.79. The van der Waals surface area contributed by atoms with Crippen molar-refractivity contribution in [3.8, 4) is 0 Å². The van der Waals surface area contributed by atoms with Crippen LogP contribution in [0.25, 0.3) is 0 Å². The Morgan fingerprint density at radius 3 is 2.43 bits per heavy atom. The highest BCUT2D eigenvalue weighted by molar-refractivity contribution is 5.95. The highest BCUT2D eigenvalue weighted by atomic mass is 19.4. The molecule has 168 valence electrons. The molecule has 6 nitrogen and oxygen atoms in total. The van der Waals surface area contributed by atoms with Crippen LogP contribution < -0.4 is 0 Å². The molecule has 0 saturated carbocycles. The number of carbonyl (C=O) groups excluding carboxylic acids is 1. The van der Waals surface area contributed by atoms with Gasteiger partial charge in [-0.05, 0) is 31.5 Å². The van der Waals surface area contributed by atoms with E-state index in [9.17, 15) is 18.0 Å². The van der Waals surface area contributed by atoms with Gasteiger partial charge in [0, 0.05) is 50.2 Å². The monoisotopic (exact) mass is 430 g/mol. The Labute approximate surface area is 174 Å². The minimum absolute atomic E-state index is 0.186. The quantitative estimate of drug-likeness (QED) is 0.795. The van der Waals surface area contributed by atoms with E-state index in [2.05, 4.69) is 16.7 Å². The van der Waals surface area contributed by atoms with Gasteiger partial charge in [-0.25, -0.2) is 4.79 Å². The number of carboxylic acid groups (broad SMARTS) is 1. The number of ether oxygens (including phenoxy) is 1. The summed E-state index contributed by atoms with van der Waals surface area (Å²) in [5, 5.41) is 7.12. The minimum atomic E-state index is -5.08. The summed E-state index contributed by atoms with van der Waals surface area (Å²) in [5.74, 6) is -2.04. The molecule has 2 aliphatic rings. The first-order valence-electron chi connectivity index (χ1n) is 9.90. The number of aryl methyl sites for hydroxylation is 1. The summed E-state index contributed by atoms with van der Waals surface area (Å²) >= 11 is 0. The molecule has 1 aromatic rings. The molecule has 0 aliphatic carbocycles. The Balaban J connectivity index is 0.000000396. The van der Waals surface area contributed by atoms with Crippen LogP contribution in [0.2, 0.25) is 0 Å². The third kappa shape index (κ3) is 5.51. The third-order valence-electron chi connectivity index (χ3n) is 5.99. The number of methoxy groups -OCH3 is 1. The van der Waals surface area contributed by atoms with E-state index < -0.39 is 12.1 Å². The van der Waals surface area contributed by atoms with E-state index in [0.29, 0.717) is 5.92 Å². The second kappa shape index (κ2) is 9.78. The first-order chi connectivity index (χ1) is 14.0. The van der Waals surface area contributed by atoms with Crippen molar-refractivity contribution in [2.45, 2.75) is 26.4 Å². The summed E-state index contributed by atoms with van der Waals surface area (Å²) in [6.07, 6.45) is -3.99. The first kappa shape index (κ1) is 24.1. The van der Waals surface area contributed by atoms with Crippen molar-refractivity contribution in [3.05, 3.63) is 35.4 Å². The Morgan fingerprint density at radius 2 is 1.90 bits per heavy atom. The Bertz CT molecular complexity index is 756. The lowest BCUT2D eigenvalue weighted by atomic mass is 9.77. The van der Waals surface area contributed by atoms with E-state index in [1.165, 1.54) is 0 Å². The van der Waals surface area contributed by atoms with Crippen LogP contribution in [0.3, 0.4) is 0 Å².